The third kappa shape index (κ3) is 6.01. The van der Waals surface area contributed by atoms with Crippen molar-refractivity contribution < 1.29 is 9.84 Å². The van der Waals surface area contributed by atoms with Crippen molar-refractivity contribution in [1.29, 1.82) is 0 Å². The summed E-state index contributed by atoms with van der Waals surface area (Å²) in [5, 5.41) is 13.8. The monoisotopic (exact) mass is 375 g/mol. The van der Waals surface area contributed by atoms with Crippen molar-refractivity contribution in [3.05, 3.63) is 60.2 Å². The molecule has 2 aromatic rings. The quantitative estimate of drug-likeness (QED) is 0.640. The van der Waals surface area contributed by atoms with Crippen molar-refractivity contribution in [3.8, 4) is 11.5 Å². The van der Waals surface area contributed by atoms with Crippen LogP contribution in [0.2, 0.25) is 0 Å². The number of rotatable bonds is 8. The fraction of sp³-hybridized carbons (Fsp3) is 0.455. The minimum Gasteiger partial charge on any atom is -0.457 e. The van der Waals surface area contributed by atoms with E-state index >= 15 is 0 Å². The molecule has 1 fully saturated rings. The SMILES string of the molecule is CCCCN[C@@H]1C[C@@H](Cc2ccc(Oc3ccccc3)cc2)C[C@H]1O.Cl. The molecule has 4 heteroatoms. The molecule has 3 rings (SSSR count). The molecule has 3 atom stereocenters. The van der Waals surface area contributed by atoms with Gasteiger partial charge in [-0.1, -0.05) is 43.7 Å². The maximum absolute atomic E-state index is 10.3. The average Bonchev–Trinajstić information content (AvgIpc) is 2.97. The number of nitrogens with one attached hydrogen (secondary N) is 1. The zero-order chi connectivity index (χ0) is 17.5. The average molecular weight is 376 g/mol. The standard InChI is InChI=1S/C22H29NO2.ClH/c1-2-3-13-23-21-15-18(16-22(21)24)14-17-9-11-20(12-10-17)25-19-7-5-4-6-8-19;/h4-12,18,21-24H,2-3,13-16H2,1H3;1H/t18-,21-,22-;/m1./s1. The number of hydrogen-bond donors (Lipinski definition) is 2. The molecule has 0 spiro atoms. The van der Waals surface area contributed by atoms with Gasteiger partial charge in [0.05, 0.1) is 6.10 Å². The first-order chi connectivity index (χ1) is 12.2. The van der Waals surface area contributed by atoms with Crippen molar-refractivity contribution in [2.75, 3.05) is 6.54 Å². The zero-order valence-electron chi connectivity index (χ0n) is 15.4. The number of ether oxygens (including phenoxy) is 1. The summed E-state index contributed by atoms with van der Waals surface area (Å²) in [5.41, 5.74) is 1.31. The molecule has 1 saturated carbocycles. The van der Waals surface area contributed by atoms with Crippen LogP contribution in [0.4, 0.5) is 0 Å². The van der Waals surface area contributed by atoms with Crippen LogP contribution in [0.3, 0.4) is 0 Å². The predicted octanol–water partition coefficient (Wildman–Crippen LogP) is 4.97. The zero-order valence-corrected chi connectivity index (χ0v) is 16.3. The van der Waals surface area contributed by atoms with Crippen LogP contribution in [0, 0.1) is 5.92 Å². The first-order valence-electron chi connectivity index (χ1n) is 9.48. The van der Waals surface area contributed by atoms with Gasteiger partial charge in [0, 0.05) is 6.04 Å². The molecule has 0 heterocycles. The Morgan fingerprint density at radius 3 is 2.38 bits per heavy atom. The van der Waals surface area contributed by atoms with Crippen LogP contribution in [0.1, 0.15) is 38.2 Å². The van der Waals surface area contributed by atoms with Crippen LogP contribution in [0.5, 0.6) is 11.5 Å². The number of halogens is 1. The van der Waals surface area contributed by atoms with E-state index in [4.69, 9.17) is 4.74 Å². The van der Waals surface area contributed by atoms with Crippen LogP contribution in [-0.4, -0.2) is 23.8 Å². The molecular weight excluding hydrogens is 346 g/mol. The number of hydrogen-bond acceptors (Lipinski definition) is 3. The third-order valence-electron chi connectivity index (χ3n) is 4.99. The predicted molar refractivity (Wildman–Crippen MR) is 109 cm³/mol. The van der Waals surface area contributed by atoms with Crippen LogP contribution < -0.4 is 10.1 Å². The van der Waals surface area contributed by atoms with E-state index in [1.807, 2.05) is 42.5 Å². The summed E-state index contributed by atoms with van der Waals surface area (Å²) in [6.07, 6.45) is 5.14. The van der Waals surface area contributed by atoms with E-state index in [1.165, 1.54) is 18.4 Å². The maximum Gasteiger partial charge on any atom is 0.127 e. The van der Waals surface area contributed by atoms with E-state index < -0.39 is 0 Å². The molecule has 0 bridgehead atoms. The molecular formula is C22H30ClNO2. The Hall–Kier alpha value is -1.55. The van der Waals surface area contributed by atoms with Gasteiger partial charge in [0.25, 0.3) is 0 Å². The van der Waals surface area contributed by atoms with Gasteiger partial charge in [0.15, 0.2) is 0 Å². The highest BCUT2D eigenvalue weighted by Crippen LogP contribution is 2.30. The maximum atomic E-state index is 10.3. The van der Waals surface area contributed by atoms with Gasteiger partial charge in [0.2, 0.25) is 0 Å². The molecule has 0 amide bonds. The minimum absolute atomic E-state index is 0. The van der Waals surface area contributed by atoms with Gasteiger partial charge >= 0.3 is 0 Å². The van der Waals surface area contributed by atoms with E-state index in [2.05, 4.69) is 24.4 Å². The Morgan fingerprint density at radius 1 is 1.00 bits per heavy atom. The highest BCUT2D eigenvalue weighted by atomic mass is 35.5. The molecule has 142 valence electrons. The second-order valence-corrected chi connectivity index (χ2v) is 7.08. The number of unbranched alkanes of at least 4 members (excludes halogenated alkanes) is 1. The molecule has 2 aromatic carbocycles. The van der Waals surface area contributed by atoms with Crippen molar-refractivity contribution in [3.63, 3.8) is 0 Å². The summed E-state index contributed by atoms with van der Waals surface area (Å²) >= 11 is 0. The summed E-state index contributed by atoms with van der Waals surface area (Å²) in [7, 11) is 0. The molecule has 0 radical (unpaired) electrons. The molecule has 26 heavy (non-hydrogen) atoms. The van der Waals surface area contributed by atoms with Gasteiger partial charge in [-0.3, -0.25) is 0 Å². The van der Waals surface area contributed by atoms with Crippen molar-refractivity contribution in [1.82, 2.24) is 5.32 Å². The smallest absolute Gasteiger partial charge is 0.127 e. The second-order valence-electron chi connectivity index (χ2n) is 7.08. The highest BCUT2D eigenvalue weighted by molar-refractivity contribution is 5.85. The number of benzene rings is 2. The summed E-state index contributed by atoms with van der Waals surface area (Å²) < 4.78 is 5.84. The van der Waals surface area contributed by atoms with E-state index in [0.717, 1.165) is 37.3 Å². The van der Waals surface area contributed by atoms with Crippen LogP contribution >= 0.6 is 12.4 Å². The lowest BCUT2D eigenvalue weighted by atomic mass is 9.97. The van der Waals surface area contributed by atoms with Gasteiger partial charge in [0.1, 0.15) is 11.5 Å². The summed E-state index contributed by atoms with van der Waals surface area (Å²) in [6.45, 7) is 3.21. The Morgan fingerprint density at radius 2 is 1.69 bits per heavy atom. The third-order valence-corrected chi connectivity index (χ3v) is 4.99. The van der Waals surface area contributed by atoms with Crippen LogP contribution in [0.25, 0.3) is 0 Å². The molecule has 1 aliphatic carbocycles. The molecule has 0 saturated heterocycles. The Kier molecular flexibility index (Phi) is 8.43. The summed E-state index contributed by atoms with van der Waals surface area (Å²) in [6, 6.07) is 18.5. The highest BCUT2D eigenvalue weighted by Gasteiger charge is 2.32. The number of aliphatic hydroxyl groups is 1. The van der Waals surface area contributed by atoms with Crippen LogP contribution in [-0.2, 0) is 6.42 Å². The summed E-state index contributed by atoms with van der Waals surface area (Å²) in [4.78, 5) is 0. The number of para-hydroxylation sites is 1. The topological polar surface area (TPSA) is 41.5 Å². The van der Waals surface area contributed by atoms with Crippen molar-refractivity contribution in [2.45, 2.75) is 51.2 Å². The van der Waals surface area contributed by atoms with Crippen molar-refractivity contribution in [2.24, 2.45) is 5.92 Å². The lowest BCUT2D eigenvalue weighted by Gasteiger charge is -2.16. The van der Waals surface area contributed by atoms with Gasteiger partial charge < -0.3 is 15.2 Å². The molecule has 0 aliphatic heterocycles. The molecule has 3 nitrogen and oxygen atoms in total. The van der Waals surface area contributed by atoms with Crippen LogP contribution in [0.15, 0.2) is 54.6 Å². The van der Waals surface area contributed by atoms with E-state index in [0.29, 0.717) is 5.92 Å². The summed E-state index contributed by atoms with van der Waals surface area (Å²) in [5.74, 6) is 2.27. The minimum atomic E-state index is -0.206. The van der Waals surface area contributed by atoms with Gasteiger partial charge in [-0.15, -0.1) is 12.4 Å². The van der Waals surface area contributed by atoms with Gasteiger partial charge in [-0.05, 0) is 68.0 Å². The largest absolute Gasteiger partial charge is 0.457 e. The first-order valence-corrected chi connectivity index (χ1v) is 9.48. The van der Waals surface area contributed by atoms with E-state index in [9.17, 15) is 5.11 Å². The van der Waals surface area contributed by atoms with E-state index in [1.54, 1.807) is 0 Å². The molecule has 0 aromatic heterocycles. The lowest BCUT2D eigenvalue weighted by molar-refractivity contribution is 0.147. The Balaban J connectivity index is 0.00000243. The number of aliphatic hydroxyl groups excluding tert-OH is 1. The fourth-order valence-electron chi connectivity index (χ4n) is 3.62. The Labute approximate surface area is 163 Å². The fourth-order valence-corrected chi connectivity index (χ4v) is 3.62. The lowest BCUT2D eigenvalue weighted by Crippen LogP contribution is -2.36. The normalized spacial score (nSPS) is 22.0. The van der Waals surface area contributed by atoms with Gasteiger partial charge in [-0.2, -0.15) is 0 Å². The van der Waals surface area contributed by atoms with Gasteiger partial charge in [-0.25, -0.2) is 0 Å². The van der Waals surface area contributed by atoms with Crippen molar-refractivity contribution >= 4 is 12.4 Å². The first kappa shape index (κ1) is 20.8. The molecule has 0 unspecified atom stereocenters. The second kappa shape index (κ2) is 10.6. The van der Waals surface area contributed by atoms with E-state index in [-0.39, 0.29) is 24.6 Å². The molecule has 1 aliphatic rings. The molecule has 2 N–H and O–H groups in total. The Bertz CT molecular complexity index is 632.